The lowest BCUT2D eigenvalue weighted by atomic mass is 9.87. The van der Waals surface area contributed by atoms with Crippen molar-refractivity contribution in [2.75, 3.05) is 19.8 Å². The van der Waals surface area contributed by atoms with Crippen LogP contribution in [-0.4, -0.2) is 48.8 Å². The molecule has 0 aromatic carbocycles. The smallest absolute Gasteiger partial charge is 0.0788 e. The third-order valence-electron chi connectivity index (χ3n) is 4.21. The first-order valence-corrected chi connectivity index (χ1v) is 8.77. The van der Waals surface area contributed by atoms with Crippen molar-refractivity contribution >= 4 is 0 Å². The molecule has 134 valence electrons. The predicted octanol–water partition coefficient (Wildman–Crippen LogP) is 3.80. The van der Waals surface area contributed by atoms with Crippen molar-refractivity contribution in [3.8, 4) is 0 Å². The second-order valence-electron chi connectivity index (χ2n) is 6.97. The number of ether oxygens (including phenoxy) is 3. The van der Waals surface area contributed by atoms with E-state index < -0.39 is 0 Å². The third kappa shape index (κ3) is 9.09. The molecule has 0 radical (unpaired) electrons. The van der Waals surface area contributed by atoms with Gasteiger partial charge in [0.25, 0.3) is 0 Å². The zero-order valence-electron chi connectivity index (χ0n) is 15.7. The molecular weight excluding hydrogens is 280 g/mol. The van der Waals surface area contributed by atoms with Crippen LogP contribution in [-0.2, 0) is 14.2 Å². The summed E-state index contributed by atoms with van der Waals surface area (Å²) in [5, 5.41) is 8.93. The van der Waals surface area contributed by atoms with E-state index in [1.807, 2.05) is 13.8 Å². The number of hydrogen-bond donors (Lipinski definition) is 1. The molecule has 0 rings (SSSR count). The van der Waals surface area contributed by atoms with Crippen LogP contribution in [0.2, 0.25) is 0 Å². The second-order valence-corrected chi connectivity index (χ2v) is 6.97. The lowest BCUT2D eigenvalue weighted by Crippen LogP contribution is -2.40. The first kappa shape index (κ1) is 21.8. The monoisotopic (exact) mass is 318 g/mol. The summed E-state index contributed by atoms with van der Waals surface area (Å²) in [6, 6.07) is 0. The van der Waals surface area contributed by atoms with E-state index in [0.717, 1.165) is 6.42 Å². The minimum atomic E-state index is -0.141. The topological polar surface area (TPSA) is 47.9 Å². The Morgan fingerprint density at radius 2 is 1.45 bits per heavy atom. The molecule has 4 unspecified atom stereocenters. The van der Waals surface area contributed by atoms with Gasteiger partial charge in [-0.25, -0.2) is 0 Å². The van der Waals surface area contributed by atoms with Crippen molar-refractivity contribution in [2.24, 2.45) is 5.92 Å². The summed E-state index contributed by atoms with van der Waals surface area (Å²) in [5.41, 5.74) is -0.0933. The molecular formula is C18H38O4. The SMILES string of the molecule is CCCCC(C)(OC(C)COC(C)COC(C)CO)C(C)C. The molecule has 0 heterocycles. The molecule has 4 nitrogen and oxygen atoms in total. The Morgan fingerprint density at radius 3 is 1.95 bits per heavy atom. The van der Waals surface area contributed by atoms with E-state index in [1.165, 1.54) is 12.8 Å². The summed E-state index contributed by atoms with van der Waals surface area (Å²) in [7, 11) is 0. The van der Waals surface area contributed by atoms with Gasteiger partial charge < -0.3 is 19.3 Å². The summed E-state index contributed by atoms with van der Waals surface area (Å²) in [5.74, 6) is 0.479. The summed E-state index contributed by atoms with van der Waals surface area (Å²) >= 11 is 0. The lowest BCUT2D eigenvalue weighted by molar-refractivity contribution is -0.142. The van der Waals surface area contributed by atoms with Crippen LogP contribution >= 0.6 is 0 Å². The van der Waals surface area contributed by atoms with Gasteiger partial charge in [0.15, 0.2) is 0 Å². The van der Waals surface area contributed by atoms with Gasteiger partial charge in [-0.2, -0.15) is 0 Å². The Labute approximate surface area is 137 Å². The molecule has 0 amide bonds. The summed E-state index contributed by atoms with van der Waals surface area (Å²) in [4.78, 5) is 0. The highest BCUT2D eigenvalue weighted by Crippen LogP contribution is 2.29. The number of unbranched alkanes of at least 4 members (excludes halogenated alkanes) is 1. The molecule has 0 aliphatic rings. The average molecular weight is 318 g/mol. The predicted molar refractivity (Wildman–Crippen MR) is 91.2 cm³/mol. The molecule has 0 bridgehead atoms. The largest absolute Gasteiger partial charge is 0.394 e. The molecule has 0 aromatic rings. The van der Waals surface area contributed by atoms with E-state index in [9.17, 15) is 0 Å². The van der Waals surface area contributed by atoms with Crippen LogP contribution in [0.3, 0.4) is 0 Å². The molecule has 4 heteroatoms. The Kier molecular flexibility index (Phi) is 11.3. The van der Waals surface area contributed by atoms with Crippen molar-refractivity contribution in [3.05, 3.63) is 0 Å². The van der Waals surface area contributed by atoms with Crippen molar-refractivity contribution in [1.29, 1.82) is 0 Å². The summed E-state index contributed by atoms with van der Waals surface area (Å²) in [6.07, 6.45) is 3.37. The number of rotatable bonds is 13. The standard InChI is InChI=1S/C18H38O4/c1-8-9-10-18(7,14(2)3)22-17(6)13-21-16(5)12-20-15(4)11-19/h14-17,19H,8-13H2,1-7H3. The molecule has 0 aliphatic carbocycles. The van der Waals surface area contributed by atoms with Crippen molar-refractivity contribution in [2.45, 2.75) is 91.6 Å². The Morgan fingerprint density at radius 1 is 0.909 bits per heavy atom. The Balaban J connectivity index is 4.15. The van der Waals surface area contributed by atoms with Gasteiger partial charge in [0.1, 0.15) is 0 Å². The Hall–Kier alpha value is -0.160. The van der Waals surface area contributed by atoms with E-state index in [-0.39, 0.29) is 30.5 Å². The van der Waals surface area contributed by atoms with Gasteiger partial charge >= 0.3 is 0 Å². The molecule has 22 heavy (non-hydrogen) atoms. The van der Waals surface area contributed by atoms with E-state index in [2.05, 4.69) is 34.6 Å². The number of aliphatic hydroxyl groups excluding tert-OH is 1. The third-order valence-corrected chi connectivity index (χ3v) is 4.21. The highest BCUT2D eigenvalue weighted by Gasteiger charge is 2.30. The maximum atomic E-state index is 8.93. The van der Waals surface area contributed by atoms with Crippen LogP contribution in [0.25, 0.3) is 0 Å². The van der Waals surface area contributed by atoms with Gasteiger partial charge in [0, 0.05) is 0 Å². The zero-order chi connectivity index (χ0) is 17.2. The fourth-order valence-corrected chi connectivity index (χ4v) is 2.21. The highest BCUT2D eigenvalue weighted by molar-refractivity contribution is 4.80. The maximum Gasteiger partial charge on any atom is 0.0788 e. The average Bonchev–Trinajstić information content (AvgIpc) is 2.48. The number of hydrogen-bond acceptors (Lipinski definition) is 4. The molecule has 0 aromatic heterocycles. The molecule has 0 spiro atoms. The normalized spacial score (nSPS) is 19.0. The van der Waals surface area contributed by atoms with Gasteiger partial charge in [-0.15, -0.1) is 0 Å². The van der Waals surface area contributed by atoms with Crippen molar-refractivity contribution < 1.29 is 19.3 Å². The highest BCUT2D eigenvalue weighted by atomic mass is 16.6. The minimum absolute atomic E-state index is 0.000924. The molecule has 4 atom stereocenters. The van der Waals surface area contributed by atoms with Crippen LogP contribution in [0.15, 0.2) is 0 Å². The minimum Gasteiger partial charge on any atom is -0.394 e. The molecule has 0 fully saturated rings. The second kappa shape index (κ2) is 11.4. The van der Waals surface area contributed by atoms with E-state index in [0.29, 0.717) is 19.1 Å². The van der Waals surface area contributed by atoms with Crippen LogP contribution in [0, 0.1) is 5.92 Å². The van der Waals surface area contributed by atoms with Crippen LogP contribution < -0.4 is 0 Å². The van der Waals surface area contributed by atoms with Gasteiger partial charge in [0.2, 0.25) is 0 Å². The molecule has 0 saturated carbocycles. The first-order valence-electron chi connectivity index (χ1n) is 8.77. The zero-order valence-corrected chi connectivity index (χ0v) is 15.7. The fraction of sp³-hybridized carbons (Fsp3) is 1.00. The van der Waals surface area contributed by atoms with Gasteiger partial charge in [-0.1, -0.05) is 33.6 Å². The lowest BCUT2D eigenvalue weighted by Gasteiger charge is -2.37. The Bertz CT molecular complexity index is 270. The molecule has 0 aliphatic heterocycles. The molecule has 0 saturated heterocycles. The summed E-state index contributed by atoms with van der Waals surface area (Å²) in [6.45, 7) is 15.8. The maximum absolute atomic E-state index is 8.93. The van der Waals surface area contributed by atoms with E-state index >= 15 is 0 Å². The van der Waals surface area contributed by atoms with Crippen molar-refractivity contribution in [3.63, 3.8) is 0 Å². The number of aliphatic hydroxyl groups is 1. The van der Waals surface area contributed by atoms with E-state index in [4.69, 9.17) is 19.3 Å². The van der Waals surface area contributed by atoms with Gasteiger partial charge in [-0.3, -0.25) is 0 Å². The van der Waals surface area contributed by atoms with Crippen LogP contribution in [0.4, 0.5) is 0 Å². The quantitative estimate of drug-likeness (QED) is 0.561. The van der Waals surface area contributed by atoms with Crippen LogP contribution in [0.1, 0.15) is 67.7 Å². The summed E-state index contributed by atoms with van der Waals surface area (Å²) < 4.78 is 17.6. The molecule has 1 N–H and O–H groups in total. The van der Waals surface area contributed by atoms with Crippen molar-refractivity contribution in [1.82, 2.24) is 0 Å². The fourth-order valence-electron chi connectivity index (χ4n) is 2.21. The van der Waals surface area contributed by atoms with Gasteiger partial charge in [0.05, 0.1) is 43.7 Å². The van der Waals surface area contributed by atoms with Crippen LogP contribution in [0.5, 0.6) is 0 Å². The van der Waals surface area contributed by atoms with Gasteiger partial charge in [-0.05, 0) is 40.0 Å². The van der Waals surface area contributed by atoms with E-state index in [1.54, 1.807) is 0 Å². The first-order chi connectivity index (χ1) is 10.2.